The third-order valence-electron chi connectivity index (χ3n) is 3.49. The van der Waals surface area contributed by atoms with Crippen LogP contribution in [0.4, 0.5) is 0 Å². The van der Waals surface area contributed by atoms with Crippen LogP contribution in [-0.2, 0) is 9.53 Å². The Morgan fingerprint density at radius 3 is 2.63 bits per heavy atom. The number of nitrogens with one attached hydrogen (secondary N) is 1. The second kappa shape index (κ2) is 5.29. The molecule has 0 saturated carbocycles. The molecule has 8 heteroatoms. The van der Waals surface area contributed by atoms with Gasteiger partial charge in [-0.15, -0.1) is 11.8 Å². The molecule has 0 radical (unpaired) electrons. The summed E-state index contributed by atoms with van der Waals surface area (Å²) < 4.78 is 5.48. The van der Waals surface area contributed by atoms with Gasteiger partial charge in [-0.25, -0.2) is 4.79 Å². The van der Waals surface area contributed by atoms with Gasteiger partial charge in [-0.1, -0.05) is 6.92 Å². The van der Waals surface area contributed by atoms with E-state index in [1.165, 1.54) is 17.2 Å². The van der Waals surface area contributed by atoms with Crippen molar-refractivity contribution in [2.45, 2.75) is 42.6 Å². The van der Waals surface area contributed by atoms with Gasteiger partial charge in [-0.3, -0.25) is 0 Å². The number of aliphatic hydroxyl groups excluding tert-OH is 3. The fourth-order valence-electron chi connectivity index (χ4n) is 2.35. The van der Waals surface area contributed by atoms with Crippen molar-refractivity contribution in [3.63, 3.8) is 0 Å². The lowest BCUT2D eigenvalue weighted by Crippen LogP contribution is -2.54. The zero-order valence-corrected chi connectivity index (χ0v) is 11.1. The van der Waals surface area contributed by atoms with E-state index in [9.17, 15) is 15.0 Å². The van der Waals surface area contributed by atoms with E-state index in [1.54, 1.807) is 0 Å². The van der Waals surface area contributed by atoms with E-state index in [4.69, 9.17) is 14.9 Å². The second-order valence-electron chi connectivity index (χ2n) is 4.58. The molecule has 0 bridgehead atoms. The zero-order valence-electron chi connectivity index (χ0n) is 10.3. The average molecular weight is 291 g/mol. The third kappa shape index (κ3) is 2.34. The van der Waals surface area contributed by atoms with Crippen LogP contribution < -0.4 is 5.32 Å². The normalized spacial score (nSPS) is 42.0. The van der Waals surface area contributed by atoms with Gasteiger partial charge < -0.3 is 30.5 Å². The summed E-state index contributed by atoms with van der Waals surface area (Å²) in [5.74, 6) is -1.09. The van der Waals surface area contributed by atoms with Crippen LogP contribution in [0.1, 0.15) is 13.3 Å². The van der Waals surface area contributed by atoms with Gasteiger partial charge in [-0.05, 0) is 6.42 Å². The van der Waals surface area contributed by atoms with Crippen molar-refractivity contribution >= 4 is 17.7 Å². The highest BCUT2D eigenvalue weighted by Gasteiger charge is 2.54. The van der Waals surface area contributed by atoms with Crippen LogP contribution in [0.15, 0.2) is 11.1 Å². The summed E-state index contributed by atoms with van der Waals surface area (Å²) >= 11 is 1.21. The lowest BCUT2D eigenvalue weighted by Gasteiger charge is -2.35. The molecule has 2 rings (SSSR count). The Morgan fingerprint density at radius 2 is 2.21 bits per heavy atom. The molecule has 0 aromatic carbocycles. The van der Waals surface area contributed by atoms with Gasteiger partial charge in [0.2, 0.25) is 0 Å². The van der Waals surface area contributed by atoms with Gasteiger partial charge in [-0.2, -0.15) is 0 Å². The van der Waals surface area contributed by atoms with E-state index in [0.717, 1.165) is 0 Å². The number of thioether (sulfide) groups is 1. The Balaban J connectivity index is 2.18. The minimum absolute atomic E-state index is 0.0320. The lowest BCUT2D eigenvalue weighted by molar-refractivity contribution is -0.133. The summed E-state index contributed by atoms with van der Waals surface area (Å²) in [7, 11) is 0. The van der Waals surface area contributed by atoms with Crippen molar-refractivity contribution in [2.75, 3.05) is 6.61 Å². The SMILES string of the molecule is CCC1([C@@H]2O[C@H](CO)[C@@H](O)[C@H]2O)NC(C(=O)O)=CS1. The van der Waals surface area contributed by atoms with Crippen LogP contribution in [0.5, 0.6) is 0 Å². The molecule has 0 aromatic heterocycles. The Hall–Kier alpha value is -0.800. The first-order chi connectivity index (χ1) is 8.95. The van der Waals surface area contributed by atoms with Gasteiger partial charge >= 0.3 is 5.97 Å². The molecule has 2 heterocycles. The molecule has 0 aliphatic carbocycles. The number of carboxylic acid groups (broad SMARTS) is 1. The zero-order chi connectivity index (χ0) is 14.2. The lowest BCUT2D eigenvalue weighted by atomic mass is 9.99. The van der Waals surface area contributed by atoms with Gasteiger partial charge in [0.05, 0.1) is 6.61 Å². The molecule has 5 N–H and O–H groups in total. The predicted molar refractivity (Wildman–Crippen MR) is 67.2 cm³/mol. The highest BCUT2D eigenvalue weighted by atomic mass is 32.2. The number of aliphatic carboxylic acids is 1. The van der Waals surface area contributed by atoms with Gasteiger partial charge in [0.1, 0.15) is 35.0 Å². The number of rotatable bonds is 4. The molecular weight excluding hydrogens is 274 g/mol. The summed E-state index contributed by atoms with van der Waals surface area (Å²) in [6, 6.07) is 0. The summed E-state index contributed by atoms with van der Waals surface area (Å²) in [5, 5.41) is 42.1. The van der Waals surface area contributed by atoms with Crippen LogP contribution in [0.2, 0.25) is 0 Å². The predicted octanol–water partition coefficient (Wildman–Crippen LogP) is -1.16. The molecule has 0 amide bonds. The molecule has 1 unspecified atom stereocenters. The van der Waals surface area contributed by atoms with E-state index in [0.29, 0.717) is 6.42 Å². The molecule has 108 valence electrons. The number of ether oxygens (including phenoxy) is 1. The van der Waals surface area contributed by atoms with Crippen molar-refractivity contribution in [2.24, 2.45) is 0 Å². The molecule has 5 atom stereocenters. The van der Waals surface area contributed by atoms with Crippen molar-refractivity contribution < 1.29 is 30.0 Å². The molecular formula is C11H17NO6S. The second-order valence-corrected chi connectivity index (χ2v) is 5.78. The number of hydrogen-bond acceptors (Lipinski definition) is 7. The van der Waals surface area contributed by atoms with Crippen LogP contribution in [0, 0.1) is 0 Å². The van der Waals surface area contributed by atoms with Gasteiger partial charge in [0.15, 0.2) is 0 Å². The van der Waals surface area contributed by atoms with Crippen molar-refractivity contribution in [1.82, 2.24) is 5.32 Å². The monoisotopic (exact) mass is 291 g/mol. The van der Waals surface area contributed by atoms with E-state index >= 15 is 0 Å². The summed E-state index contributed by atoms with van der Waals surface area (Å²) in [6.07, 6.45) is -3.55. The standard InChI is InChI=1S/C11H17NO6S/c1-2-11(12-5(4-19-11)10(16)17)9-8(15)7(14)6(3-13)18-9/h4,6-9,12-15H,2-3H2,1H3,(H,16,17)/t6-,7-,8-,9-,11?/m1/s1. The Labute approximate surface area is 114 Å². The first kappa shape index (κ1) is 14.6. The van der Waals surface area contributed by atoms with Crippen LogP contribution in [0.25, 0.3) is 0 Å². The molecule has 0 aromatic rings. The summed E-state index contributed by atoms with van der Waals surface area (Å²) in [6.45, 7) is 1.42. The highest BCUT2D eigenvalue weighted by Crippen LogP contribution is 2.43. The third-order valence-corrected chi connectivity index (χ3v) is 4.89. The minimum Gasteiger partial charge on any atom is -0.477 e. The molecule has 2 aliphatic heterocycles. The van der Waals surface area contributed by atoms with E-state index in [2.05, 4.69) is 5.32 Å². The summed E-state index contributed by atoms with van der Waals surface area (Å²) in [5.41, 5.74) is 0.0320. The maximum absolute atomic E-state index is 10.9. The van der Waals surface area contributed by atoms with Crippen molar-refractivity contribution in [1.29, 1.82) is 0 Å². The van der Waals surface area contributed by atoms with Crippen LogP contribution in [0.3, 0.4) is 0 Å². The van der Waals surface area contributed by atoms with E-state index in [-0.39, 0.29) is 5.70 Å². The fraction of sp³-hybridized carbons (Fsp3) is 0.727. The molecule has 1 fully saturated rings. The quantitative estimate of drug-likeness (QED) is 0.440. The van der Waals surface area contributed by atoms with Crippen molar-refractivity contribution in [3.8, 4) is 0 Å². The molecule has 0 spiro atoms. The Bertz CT molecular complexity index is 403. The molecule has 7 nitrogen and oxygen atoms in total. The van der Waals surface area contributed by atoms with Gasteiger partial charge in [0, 0.05) is 5.41 Å². The summed E-state index contributed by atoms with van der Waals surface area (Å²) in [4.78, 5) is 10.1. The first-order valence-corrected chi connectivity index (χ1v) is 6.85. The maximum Gasteiger partial charge on any atom is 0.352 e. The highest BCUT2D eigenvalue weighted by molar-refractivity contribution is 8.03. The number of aliphatic hydroxyl groups is 3. The van der Waals surface area contributed by atoms with E-state index < -0.39 is 41.9 Å². The fourth-order valence-corrected chi connectivity index (χ4v) is 3.50. The molecule has 2 aliphatic rings. The maximum atomic E-state index is 10.9. The smallest absolute Gasteiger partial charge is 0.352 e. The van der Waals surface area contributed by atoms with Crippen LogP contribution >= 0.6 is 11.8 Å². The number of hydrogen-bond donors (Lipinski definition) is 5. The van der Waals surface area contributed by atoms with Crippen molar-refractivity contribution in [3.05, 3.63) is 11.1 Å². The van der Waals surface area contributed by atoms with Crippen LogP contribution in [-0.4, -0.2) is 62.3 Å². The topological polar surface area (TPSA) is 119 Å². The number of carbonyl (C=O) groups is 1. The average Bonchev–Trinajstić information content (AvgIpc) is 2.95. The first-order valence-electron chi connectivity index (χ1n) is 5.97. The largest absolute Gasteiger partial charge is 0.477 e. The molecule has 1 saturated heterocycles. The Kier molecular flexibility index (Phi) is 4.07. The minimum atomic E-state index is -1.19. The van der Waals surface area contributed by atoms with E-state index in [1.807, 2.05) is 6.92 Å². The molecule has 19 heavy (non-hydrogen) atoms. The Morgan fingerprint density at radius 1 is 1.53 bits per heavy atom. The van der Waals surface area contributed by atoms with Gasteiger partial charge in [0.25, 0.3) is 0 Å². The number of carboxylic acids is 1.